The maximum Gasteiger partial charge on any atom is 0.416 e. The van der Waals surface area contributed by atoms with E-state index in [0.29, 0.717) is 62.0 Å². The van der Waals surface area contributed by atoms with Crippen molar-refractivity contribution < 1.29 is 27.9 Å². The van der Waals surface area contributed by atoms with Crippen LogP contribution in [0.15, 0.2) is 53.7 Å². The lowest BCUT2D eigenvalue weighted by Crippen LogP contribution is -2.50. The highest BCUT2D eigenvalue weighted by molar-refractivity contribution is 6.33. The summed E-state index contributed by atoms with van der Waals surface area (Å²) in [5.41, 5.74) is -0.379. The molecule has 1 aromatic carbocycles. The number of likely N-dealkylation sites (tertiary alicyclic amines) is 1. The Hall–Kier alpha value is -5.25. The monoisotopic (exact) mass is 695 g/mol. The van der Waals surface area contributed by atoms with Gasteiger partial charge in [-0.25, -0.2) is 4.98 Å². The Morgan fingerprint density at radius 3 is 2.59 bits per heavy atom. The Morgan fingerprint density at radius 2 is 1.92 bits per heavy atom. The van der Waals surface area contributed by atoms with Crippen LogP contribution < -0.4 is 10.9 Å². The van der Waals surface area contributed by atoms with E-state index in [4.69, 9.17) is 11.6 Å². The maximum absolute atomic E-state index is 14.4. The zero-order chi connectivity index (χ0) is 34.7. The summed E-state index contributed by atoms with van der Waals surface area (Å²) in [6.07, 6.45) is 2.76. The minimum atomic E-state index is -4.61. The van der Waals surface area contributed by atoms with E-state index in [9.17, 15) is 32.7 Å². The van der Waals surface area contributed by atoms with Gasteiger partial charge in [-0.15, -0.1) is 5.10 Å². The number of fused-ring (bicyclic) bond motifs is 3. The van der Waals surface area contributed by atoms with Crippen LogP contribution in [0.5, 0.6) is 5.75 Å². The number of nitrogens with zero attached hydrogens (tertiary/aromatic N) is 8. The Morgan fingerprint density at radius 1 is 1.14 bits per heavy atom. The molecule has 0 radical (unpaired) electrons. The SMILES string of the molecule is Cn1cc(-c2nc3n(CC(=O)Nc4ccc(C(F)(F)F)cc4Cl)c4c(c(=O)n3n2)C2(CCC4)CCN(C(=O)c3ncccc3O)CC2)cn1. The fourth-order valence-corrected chi connectivity index (χ4v) is 7.14. The van der Waals surface area contributed by atoms with Crippen LogP contribution in [-0.4, -0.2) is 68.8 Å². The van der Waals surface area contributed by atoms with Gasteiger partial charge < -0.3 is 19.9 Å². The van der Waals surface area contributed by atoms with Crippen molar-refractivity contribution in [2.24, 2.45) is 7.05 Å². The molecule has 2 amide bonds. The van der Waals surface area contributed by atoms with Gasteiger partial charge in [0.25, 0.3) is 11.5 Å². The maximum atomic E-state index is 14.4. The number of piperidine rings is 1. The number of hydrogen-bond donors (Lipinski definition) is 2. The standard InChI is InChI=1S/C32H29ClF3N9O4/c1-42-16-18(15-38-42)27-40-30-44(17-24(47)39-21-7-6-19(14-20(21)33)32(34,35)36)22-4-2-8-31(25(22)28(48)45(30)41-27)9-12-43(13-10-31)29(49)26-23(46)5-3-11-37-26/h3,5-7,11,14-16,46H,2,4,8-10,12-13,17H2,1H3,(H,39,47). The first kappa shape index (κ1) is 32.3. The number of amides is 2. The van der Waals surface area contributed by atoms with Gasteiger partial charge in [0.05, 0.1) is 28.0 Å². The molecular formula is C32H29ClF3N9O4. The van der Waals surface area contributed by atoms with Crippen LogP contribution in [0.1, 0.15) is 53.0 Å². The van der Waals surface area contributed by atoms with Gasteiger partial charge in [-0.1, -0.05) is 11.6 Å². The molecule has 5 aromatic rings. The molecule has 2 aliphatic rings. The summed E-state index contributed by atoms with van der Waals surface area (Å²) < 4.78 is 44.0. The first-order valence-corrected chi connectivity index (χ1v) is 15.8. The van der Waals surface area contributed by atoms with Gasteiger partial charge in [0.2, 0.25) is 11.7 Å². The van der Waals surface area contributed by atoms with Crippen molar-refractivity contribution in [3.8, 4) is 17.1 Å². The topological polar surface area (TPSA) is 153 Å². The number of aromatic hydroxyl groups is 1. The number of anilines is 1. The quantitative estimate of drug-likeness (QED) is 0.277. The predicted octanol–water partition coefficient (Wildman–Crippen LogP) is 4.21. The average molecular weight is 696 g/mol. The number of carbonyl (C=O) groups is 2. The average Bonchev–Trinajstić information content (AvgIpc) is 3.71. The number of halogens is 4. The number of alkyl halides is 3. The highest BCUT2D eigenvalue weighted by Crippen LogP contribution is 2.44. The van der Waals surface area contributed by atoms with E-state index in [2.05, 4.69) is 25.5 Å². The third kappa shape index (κ3) is 5.79. The second kappa shape index (κ2) is 12.0. The van der Waals surface area contributed by atoms with Gasteiger partial charge in [-0.05, 0) is 62.4 Å². The third-order valence-corrected chi connectivity index (χ3v) is 9.60. The van der Waals surface area contributed by atoms with E-state index in [1.807, 2.05) is 0 Å². The summed E-state index contributed by atoms with van der Waals surface area (Å²) in [4.78, 5) is 51.4. The van der Waals surface area contributed by atoms with Crippen molar-refractivity contribution >= 4 is 34.9 Å². The molecule has 2 N–H and O–H groups in total. The number of carbonyl (C=O) groups excluding carboxylic acids is 2. The molecule has 254 valence electrons. The van der Waals surface area contributed by atoms with Gasteiger partial charge in [-0.2, -0.15) is 27.8 Å². The number of nitrogens with one attached hydrogen (secondary N) is 1. The summed E-state index contributed by atoms with van der Waals surface area (Å²) in [6.45, 7) is 0.266. The normalized spacial score (nSPS) is 15.8. The minimum Gasteiger partial charge on any atom is -0.505 e. The molecule has 0 bridgehead atoms. The van der Waals surface area contributed by atoms with Crippen molar-refractivity contribution in [2.45, 2.75) is 50.2 Å². The Bertz CT molecular complexity index is 2180. The van der Waals surface area contributed by atoms with Gasteiger partial charge in [0, 0.05) is 49.2 Å². The second-order valence-electron chi connectivity index (χ2n) is 12.3. The molecule has 1 fully saturated rings. The first-order valence-electron chi connectivity index (χ1n) is 15.5. The van der Waals surface area contributed by atoms with Crippen molar-refractivity contribution in [1.29, 1.82) is 0 Å². The molecule has 7 rings (SSSR count). The van der Waals surface area contributed by atoms with E-state index < -0.39 is 29.0 Å². The summed E-state index contributed by atoms with van der Waals surface area (Å²) in [5.74, 6) is -0.889. The second-order valence-corrected chi connectivity index (χ2v) is 12.7. The fourth-order valence-electron chi connectivity index (χ4n) is 6.91. The number of rotatable bonds is 5. The number of aromatic nitrogens is 7. The number of benzene rings is 1. The molecule has 13 nitrogen and oxygen atoms in total. The van der Waals surface area contributed by atoms with Crippen LogP contribution in [0.25, 0.3) is 17.2 Å². The number of aryl methyl sites for hydroxylation is 1. The van der Waals surface area contributed by atoms with E-state index in [-0.39, 0.29) is 45.9 Å². The molecule has 1 aliphatic heterocycles. The molecule has 1 spiro atoms. The fraction of sp³-hybridized carbons (Fsp3) is 0.344. The summed E-state index contributed by atoms with van der Waals surface area (Å²) in [7, 11) is 1.73. The zero-order valence-corrected chi connectivity index (χ0v) is 26.8. The van der Waals surface area contributed by atoms with Gasteiger partial charge in [0.15, 0.2) is 11.5 Å². The van der Waals surface area contributed by atoms with Crippen molar-refractivity contribution in [3.63, 3.8) is 0 Å². The Labute approximate surface area is 281 Å². The van der Waals surface area contributed by atoms with E-state index in [1.54, 1.807) is 33.6 Å². The van der Waals surface area contributed by atoms with Crippen LogP contribution in [0.3, 0.4) is 0 Å². The van der Waals surface area contributed by atoms with E-state index in [0.717, 1.165) is 18.2 Å². The predicted molar refractivity (Wildman–Crippen MR) is 170 cm³/mol. The minimum absolute atomic E-state index is 0.00410. The largest absolute Gasteiger partial charge is 0.505 e. The van der Waals surface area contributed by atoms with E-state index >= 15 is 0 Å². The van der Waals surface area contributed by atoms with Crippen molar-refractivity contribution in [2.75, 3.05) is 18.4 Å². The molecule has 49 heavy (non-hydrogen) atoms. The van der Waals surface area contributed by atoms with Crippen LogP contribution in [0.2, 0.25) is 5.02 Å². The molecule has 4 aromatic heterocycles. The summed E-state index contributed by atoms with van der Waals surface area (Å²) in [5, 5.41) is 21.2. The Kier molecular flexibility index (Phi) is 7.92. The molecule has 0 saturated carbocycles. The molecule has 5 heterocycles. The molecular weight excluding hydrogens is 667 g/mol. The molecule has 0 atom stereocenters. The van der Waals surface area contributed by atoms with E-state index in [1.165, 1.54) is 22.8 Å². The zero-order valence-electron chi connectivity index (χ0n) is 26.0. The summed E-state index contributed by atoms with van der Waals surface area (Å²) in [6, 6.07) is 5.59. The van der Waals surface area contributed by atoms with Crippen LogP contribution >= 0.6 is 11.6 Å². The lowest BCUT2D eigenvalue weighted by atomic mass is 9.66. The highest BCUT2D eigenvalue weighted by atomic mass is 35.5. The number of hydrogen-bond acceptors (Lipinski definition) is 8. The van der Waals surface area contributed by atoms with Crippen LogP contribution in [-0.2, 0) is 36.4 Å². The van der Waals surface area contributed by atoms with Crippen LogP contribution in [0, 0.1) is 0 Å². The van der Waals surface area contributed by atoms with Crippen molar-refractivity contribution in [1.82, 2.24) is 38.8 Å². The smallest absolute Gasteiger partial charge is 0.416 e. The lowest BCUT2D eigenvalue weighted by molar-refractivity contribution is -0.137. The number of pyridine rings is 1. The van der Waals surface area contributed by atoms with Gasteiger partial charge in [-0.3, -0.25) is 19.1 Å². The first-order chi connectivity index (χ1) is 23.3. The molecule has 0 unspecified atom stereocenters. The third-order valence-electron chi connectivity index (χ3n) is 9.28. The van der Waals surface area contributed by atoms with Crippen molar-refractivity contribution in [3.05, 3.63) is 86.8 Å². The molecule has 1 aliphatic carbocycles. The summed E-state index contributed by atoms with van der Waals surface area (Å²) >= 11 is 6.12. The van der Waals surface area contributed by atoms with Crippen LogP contribution in [0.4, 0.5) is 18.9 Å². The molecule has 1 saturated heterocycles. The van der Waals surface area contributed by atoms with Gasteiger partial charge >= 0.3 is 6.18 Å². The lowest BCUT2D eigenvalue weighted by Gasteiger charge is -2.45. The Balaban J connectivity index is 1.27. The highest BCUT2D eigenvalue weighted by Gasteiger charge is 2.44. The molecule has 17 heteroatoms. The van der Waals surface area contributed by atoms with Gasteiger partial charge in [0.1, 0.15) is 12.3 Å².